The average Bonchev–Trinajstić information content (AvgIpc) is 2.85. The zero-order valence-corrected chi connectivity index (χ0v) is 20.1. The maximum atomic E-state index is 13.1. The van der Waals surface area contributed by atoms with Gasteiger partial charge in [-0.2, -0.15) is 0 Å². The van der Waals surface area contributed by atoms with Gasteiger partial charge in [0.2, 0.25) is 0 Å². The molecule has 1 aromatic carbocycles. The normalized spacial score (nSPS) is 18.5. The van der Waals surface area contributed by atoms with Crippen molar-refractivity contribution in [3.05, 3.63) is 87.1 Å². The monoisotopic (exact) mass is 491 g/mol. The summed E-state index contributed by atoms with van der Waals surface area (Å²) in [6, 6.07) is 14.1. The molecule has 180 valence electrons. The Morgan fingerprint density at radius 3 is 2.74 bits per heavy atom. The number of fused-ring (bicyclic) bond motifs is 4. The Morgan fingerprint density at radius 2 is 1.94 bits per heavy atom. The molecule has 0 radical (unpaired) electrons. The molecule has 2 N–H and O–H groups in total. The summed E-state index contributed by atoms with van der Waals surface area (Å²) in [6.07, 6.45) is 2.54. The zero-order valence-electron chi connectivity index (χ0n) is 19.3. The number of anilines is 2. The Kier molecular flexibility index (Phi) is 6.30. The number of carbonyl (C=O) groups excluding carboxylic acids is 2. The van der Waals surface area contributed by atoms with Crippen LogP contribution in [0.2, 0.25) is 5.15 Å². The van der Waals surface area contributed by atoms with Gasteiger partial charge in [0.1, 0.15) is 5.15 Å². The maximum absolute atomic E-state index is 13.1. The Morgan fingerprint density at radius 1 is 1.09 bits per heavy atom. The van der Waals surface area contributed by atoms with Crippen LogP contribution in [0.3, 0.4) is 0 Å². The molecule has 2 aliphatic heterocycles. The number of rotatable bonds is 5. The minimum absolute atomic E-state index is 0.0400. The molecule has 2 bridgehead atoms. The van der Waals surface area contributed by atoms with Gasteiger partial charge >= 0.3 is 0 Å². The predicted octanol–water partition coefficient (Wildman–Crippen LogP) is 3.52. The topological polar surface area (TPSA) is 96.3 Å². The SMILES string of the molecule is CCNC(=O)c1ccc(N2CC3CC(C2)c2cccc(=O)n2C3)c(NC(=O)c2cccnc2Cl)c1. The summed E-state index contributed by atoms with van der Waals surface area (Å²) in [7, 11) is 0. The van der Waals surface area contributed by atoms with Crippen molar-refractivity contribution in [1.29, 1.82) is 0 Å². The van der Waals surface area contributed by atoms with Gasteiger partial charge in [-0.3, -0.25) is 14.4 Å². The summed E-state index contributed by atoms with van der Waals surface area (Å²) in [5.74, 6) is -0.0965. The van der Waals surface area contributed by atoms with Gasteiger partial charge in [-0.05, 0) is 55.7 Å². The highest BCUT2D eigenvalue weighted by Gasteiger charge is 2.35. The van der Waals surface area contributed by atoms with E-state index in [0.29, 0.717) is 36.8 Å². The number of hydrogen-bond acceptors (Lipinski definition) is 5. The lowest BCUT2D eigenvalue weighted by Gasteiger charge is -2.44. The van der Waals surface area contributed by atoms with Gasteiger partial charge in [0.25, 0.3) is 17.4 Å². The molecule has 0 saturated carbocycles. The van der Waals surface area contributed by atoms with Crippen LogP contribution in [-0.4, -0.2) is 41.0 Å². The molecule has 35 heavy (non-hydrogen) atoms. The molecule has 0 spiro atoms. The zero-order chi connectivity index (χ0) is 24.5. The molecule has 5 rings (SSSR count). The van der Waals surface area contributed by atoms with Crippen LogP contribution in [0.25, 0.3) is 0 Å². The van der Waals surface area contributed by atoms with Crippen LogP contribution in [0.5, 0.6) is 0 Å². The van der Waals surface area contributed by atoms with E-state index in [1.807, 2.05) is 29.7 Å². The number of nitrogens with zero attached hydrogens (tertiary/aromatic N) is 3. The molecule has 3 aromatic rings. The highest BCUT2D eigenvalue weighted by molar-refractivity contribution is 6.33. The van der Waals surface area contributed by atoms with Crippen molar-refractivity contribution < 1.29 is 9.59 Å². The van der Waals surface area contributed by atoms with E-state index in [-0.39, 0.29) is 28.1 Å². The molecule has 9 heteroatoms. The van der Waals surface area contributed by atoms with Crippen LogP contribution in [0.4, 0.5) is 11.4 Å². The number of aromatic nitrogens is 2. The molecular formula is C26H26ClN5O3. The van der Waals surface area contributed by atoms with Crippen LogP contribution in [-0.2, 0) is 6.54 Å². The first-order valence-corrected chi connectivity index (χ1v) is 12.1. The van der Waals surface area contributed by atoms with Crippen molar-refractivity contribution in [1.82, 2.24) is 14.9 Å². The van der Waals surface area contributed by atoms with Crippen LogP contribution in [0.1, 0.15) is 45.7 Å². The fraction of sp³-hybridized carbons (Fsp3) is 0.308. The summed E-state index contributed by atoms with van der Waals surface area (Å²) in [5, 5.41) is 5.87. The smallest absolute Gasteiger partial charge is 0.258 e. The van der Waals surface area contributed by atoms with Gasteiger partial charge in [-0.1, -0.05) is 17.7 Å². The van der Waals surface area contributed by atoms with E-state index >= 15 is 0 Å². The van der Waals surface area contributed by atoms with Gasteiger partial charge in [-0.15, -0.1) is 0 Å². The van der Waals surface area contributed by atoms with Crippen molar-refractivity contribution in [3.8, 4) is 0 Å². The van der Waals surface area contributed by atoms with E-state index < -0.39 is 5.91 Å². The second-order valence-electron chi connectivity index (χ2n) is 8.99. The van der Waals surface area contributed by atoms with Gasteiger partial charge in [0, 0.05) is 55.6 Å². The maximum Gasteiger partial charge on any atom is 0.258 e. The minimum atomic E-state index is -0.397. The quantitative estimate of drug-likeness (QED) is 0.532. The van der Waals surface area contributed by atoms with Crippen molar-refractivity contribution in [2.75, 3.05) is 29.9 Å². The number of benzene rings is 1. The van der Waals surface area contributed by atoms with Crippen molar-refractivity contribution in [2.24, 2.45) is 5.92 Å². The number of halogens is 1. The largest absolute Gasteiger partial charge is 0.369 e. The van der Waals surface area contributed by atoms with Crippen LogP contribution in [0, 0.1) is 5.92 Å². The van der Waals surface area contributed by atoms with Crippen LogP contribution in [0.15, 0.2) is 59.5 Å². The Labute approximate surface area is 207 Å². The first kappa shape index (κ1) is 23.1. The standard InChI is InChI=1S/C26H26ClN5O3/c1-2-28-25(34)17-8-9-22(20(12-17)30-26(35)19-5-4-10-29-24(19)27)31-13-16-11-18(15-31)21-6-3-7-23(33)32(21)14-16/h3-10,12,16,18H,2,11,13-15H2,1H3,(H,28,34)(H,30,35). The molecule has 2 atom stereocenters. The fourth-order valence-corrected chi connectivity index (χ4v) is 5.36. The second-order valence-corrected chi connectivity index (χ2v) is 9.35. The Balaban J connectivity index is 1.50. The molecule has 8 nitrogen and oxygen atoms in total. The predicted molar refractivity (Wildman–Crippen MR) is 135 cm³/mol. The van der Waals surface area contributed by atoms with Crippen LogP contribution >= 0.6 is 11.6 Å². The third kappa shape index (κ3) is 4.53. The van der Waals surface area contributed by atoms with Gasteiger partial charge in [-0.25, -0.2) is 4.98 Å². The van der Waals surface area contributed by atoms with E-state index in [1.165, 1.54) is 6.20 Å². The van der Waals surface area contributed by atoms with E-state index in [2.05, 4.69) is 20.5 Å². The molecular weight excluding hydrogens is 466 g/mol. The number of piperidine rings is 1. The van der Waals surface area contributed by atoms with Crippen molar-refractivity contribution in [2.45, 2.75) is 25.8 Å². The van der Waals surface area contributed by atoms with Crippen LogP contribution < -0.4 is 21.1 Å². The number of carbonyl (C=O) groups is 2. The molecule has 0 aliphatic carbocycles. The molecule has 1 saturated heterocycles. The first-order chi connectivity index (χ1) is 16.9. The second kappa shape index (κ2) is 9.54. The Hall–Kier alpha value is -3.65. The summed E-state index contributed by atoms with van der Waals surface area (Å²) in [4.78, 5) is 44.2. The molecule has 2 amide bonds. The average molecular weight is 492 g/mol. The Bertz CT molecular complexity index is 1350. The van der Waals surface area contributed by atoms with E-state index in [1.54, 1.807) is 30.3 Å². The number of pyridine rings is 2. The third-order valence-electron chi connectivity index (χ3n) is 6.67. The molecule has 2 aliphatic rings. The van der Waals surface area contributed by atoms with Gasteiger partial charge in [0.05, 0.1) is 16.9 Å². The first-order valence-electron chi connectivity index (χ1n) is 11.7. The van der Waals surface area contributed by atoms with Gasteiger partial charge < -0.3 is 20.1 Å². The lowest BCUT2D eigenvalue weighted by molar-refractivity contribution is 0.0954. The third-order valence-corrected chi connectivity index (χ3v) is 6.97. The molecule has 4 heterocycles. The number of hydrogen-bond donors (Lipinski definition) is 2. The number of amides is 2. The fourth-order valence-electron chi connectivity index (χ4n) is 5.15. The summed E-state index contributed by atoms with van der Waals surface area (Å²) in [5.41, 5.74) is 3.16. The molecule has 2 aromatic heterocycles. The van der Waals surface area contributed by atoms with Gasteiger partial charge in [0.15, 0.2) is 0 Å². The summed E-state index contributed by atoms with van der Waals surface area (Å²) >= 11 is 6.15. The molecule has 2 unspecified atom stereocenters. The van der Waals surface area contributed by atoms with E-state index in [0.717, 1.165) is 24.3 Å². The van der Waals surface area contributed by atoms with Crippen molar-refractivity contribution >= 4 is 34.8 Å². The molecule has 1 fully saturated rings. The highest BCUT2D eigenvalue weighted by Crippen LogP contribution is 2.39. The summed E-state index contributed by atoms with van der Waals surface area (Å²) < 4.78 is 1.89. The van der Waals surface area contributed by atoms with E-state index in [9.17, 15) is 14.4 Å². The number of nitrogens with one attached hydrogen (secondary N) is 2. The lowest BCUT2D eigenvalue weighted by Crippen LogP contribution is -2.47. The summed E-state index contributed by atoms with van der Waals surface area (Å²) in [6.45, 7) is 4.48. The minimum Gasteiger partial charge on any atom is -0.369 e. The highest BCUT2D eigenvalue weighted by atomic mass is 35.5. The van der Waals surface area contributed by atoms with Crippen molar-refractivity contribution in [3.63, 3.8) is 0 Å². The lowest BCUT2D eigenvalue weighted by atomic mass is 9.83. The van der Waals surface area contributed by atoms with E-state index in [4.69, 9.17) is 11.6 Å².